The van der Waals surface area contributed by atoms with Crippen molar-refractivity contribution in [1.82, 2.24) is 0 Å². The lowest BCUT2D eigenvalue weighted by molar-refractivity contribution is 0.386. The Balaban J connectivity index is 2.05. The van der Waals surface area contributed by atoms with Crippen LogP contribution in [-0.2, 0) is 0 Å². The summed E-state index contributed by atoms with van der Waals surface area (Å²) >= 11 is 3.46. The Kier molecular flexibility index (Phi) is 4.62. The topological polar surface area (TPSA) is 53.0 Å². The van der Waals surface area contributed by atoms with Crippen molar-refractivity contribution in [1.29, 1.82) is 5.26 Å². The van der Waals surface area contributed by atoms with Crippen LogP contribution in [0.5, 0.6) is 0 Å². The molecule has 1 heterocycles. The van der Waals surface area contributed by atoms with E-state index in [9.17, 15) is 0 Å². The zero-order valence-electron chi connectivity index (χ0n) is 10.4. The van der Waals surface area contributed by atoms with Gasteiger partial charge in [-0.05, 0) is 49.9 Å². The van der Waals surface area contributed by atoms with Crippen molar-refractivity contribution in [3.63, 3.8) is 0 Å². The van der Waals surface area contributed by atoms with E-state index in [0.29, 0.717) is 5.56 Å². The molecule has 1 fully saturated rings. The molecule has 1 aromatic carbocycles. The lowest BCUT2D eigenvalue weighted by Crippen LogP contribution is -2.34. The van der Waals surface area contributed by atoms with Crippen LogP contribution in [0.4, 0.5) is 5.69 Å². The van der Waals surface area contributed by atoms with Crippen molar-refractivity contribution in [2.24, 2.45) is 11.7 Å². The zero-order chi connectivity index (χ0) is 13.0. The highest BCUT2D eigenvalue weighted by molar-refractivity contribution is 9.10. The quantitative estimate of drug-likeness (QED) is 0.934. The standard InChI is InChI=1S/C14H18BrN3/c15-13-7-12(10-17)8-14(9-13)18-5-2-11(1-4-16)3-6-18/h7-9,11H,1-6,16H2. The molecule has 0 aliphatic carbocycles. The van der Waals surface area contributed by atoms with Gasteiger partial charge in [0.2, 0.25) is 0 Å². The highest BCUT2D eigenvalue weighted by atomic mass is 79.9. The number of nitrogens with two attached hydrogens (primary N) is 1. The molecule has 0 spiro atoms. The number of rotatable bonds is 3. The highest BCUT2D eigenvalue weighted by Crippen LogP contribution is 2.28. The van der Waals surface area contributed by atoms with Gasteiger partial charge in [0, 0.05) is 23.2 Å². The maximum absolute atomic E-state index is 8.99. The van der Waals surface area contributed by atoms with Gasteiger partial charge in [-0.25, -0.2) is 0 Å². The second-order valence-electron chi connectivity index (χ2n) is 4.82. The lowest BCUT2D eigenvalue weighted by Gasteiger charge is -2.33. The smallest absolute Gasteiger partial charge is 0.0992 e. The number of hydrogen-bond donors (Lipinski definition) is 1. The normalized spacial score (nSPS) is 16.6. The molecule has 1 aromatic rings. The van der Waals surface area contributed by atoms with Crippen molar-refractivity contribution < 1.29 is 0 Å². The SMILES string of the molecule is N#Cc1cc(Br)cc(N2CCC(CCN)CC2)c1. The van der Waals surface area contributed by atoms with Crippen LogP contribution in [0.2, 0.25) is 0 Å². The fourth-order valence-electron chi connectivity index (χ4n) is 2.54. The molecule has 1 saturated heterocycles. The third kappa shape index (κ3) is 3.24. The fraction of sp³-hybridized carbons (Fsp3) is 0.500. The van der Waals surface area contributed by atoms with Crippen molar-refractivity contribution in [3.05, 3.63) is 28.2 Å². The van der Waals surface area contributed by atoms with Crippen LogP contribution in [0, 0.1) is 17.2 Å². The van der Waals surface area contributed by atoms with E-state index < -0.39 is 0 Å². The van der Waals surface area contributed by atoms with E-state index >= 15 is 0 Å². The summed E-state index contributed by atoms with van der Waals surface area (Å²) in [6.07, 6.45) is 3.53. The highest BCUT2D eigenvalue weighted by Gasteiger charge is 2.19. The first-order valence-electron chi connectivity index (χ1n) is 6.38. The van der Waals surface area contributed by atoms with Gasteiger partial charge < -0.3 is 10.6 Å². The monoisotopic (exact) mass is 307 g/mol. The van der Waals surface area contributed by atoms with E-state index in [4.69, 9.17) is 11.0 Å². The van der Waals surface area contributed by atoms with Gasteiger partial charge in [-0.3, -0.25) is 0 Å². The zero-order valence-corrected chi connectivity index (χ0v) is 12.0. The Bertz CT molecular complexity index is 445. The average Bonchev–Trinajstić information content (AvgIpc) is 2.39. The van der Waals surface area contributed by atoms with Gasteiger partial charge >= 0.3 is 0 Å². The van der Waals surface area contributed by atoms with Crippen LogP contribution in [0.15, 0.2) is 22.7 Å². The van der Waals surface area contributed by atoms with Crippen LogP contribution in [0.25, 0.3) is 0 Å². The number of halogens is 1. The molecule has 1 aliphatic heterocycles. The van der Waals surface area contributed by atoms with Gasteiger partial charge in [0.25, 0.3) is 0 Å². The van der Waals surface area contributed by atoms with Gasteiger partial charge in [0.15, 0.2) is 0 Å². The van der Waals surface area contributed by atoms with Crippen molar-refractivity contribution in [3.8, 4) is 6.07 Å². The first-order chi connectivity index (χ1) is 8.72. The molecule has 96 valence electrons. The predicted molar refractivity (Wildman–Crippen MR) is 77.5 cm³/mol. The summed E-state index contributed by atoms with van der Waals surface area (Å²) in [6.45, 7) is 2.91. The third-order valence-corrected chi connectivity index (χ3v) is 4.02. The molecule has 0 atom stereocenters. The number of nitriles is 1. The molecule has 0 bridgehead atoms. The first-order valence-corrected chi connectivity index (χ1v) is 7.18. The maximum atomic E-state index is 8.99. The van der Waals surface area contributed by atoms with E-state index in [1.54, 1.807) is 0 Å². The molecule has 0 unspecified atom stereocenters. The fourth-order valence-corrected chi connectivity index (χ4v) is 3.02. The Morgan fingerprint density at radius 3 is 2.67 bits per heavy atom. The molecule has 1 aliphatic rings. The van der Waals surface area contributed by atoms with Crippen molar-refractivity contribution in [2.45, 2.75) is 19.3 Å². The van der Waals surface area contributed by atoms with Crippen LogP contribution in [-0.4, -0.2) is 19.6 Å². The van der Waals surface area contributed by atoms with Crippen LogP contribution in [0.1, 0.15) is 24.8 Å². The number of nitrogens with zero attached hydrogens (tertiary/aromatic N) is 2. The van der Waals surface area contributed by atoms with Crippen molar-refractivity contribution >= 4 is 21.6 Å². The van der Waals surface area contributed by atoms with E-state index in [-0.39, 0.29) is 0 Å². The number of piperidine rings is 1. The lowest BCUT2D eigenvalue weighted by atomic mass is 9.93. The van der Waals surface area contributed by atoms with Gasteiger partial charge in [-0.2, -0.15) is 5.26 Å². The second kappa shape index (κ2) is 6.21. The molecule has 2 rings (SSSR count). The van der Waals surface area contributed by atoms with Crippen LogP contribution in [0.3, 0.4) is 0 Å². The predicted octanol–water partition coefficient (Wildman–Crippen LogP) is 2.89. The molecular formula is C14H18BrN3. The Labute approximate surface area is 117 Å². The summed E-state index contributed by atoms with van der Waals surface area (Å²) in [6, 6.07) is 8.11. The van der Waals surface area contributed by atoms with Crippen LogP contribution < -0.4 is 10.6 Å². The molecule has 18 heavy (non-hydrogen) atoms. The summed E-state index contributed by atoms with van der Waals surface area (Å²) in [5.74, 6) is 0.772. The summed E-state index contributed by atoms with van der Waals surface area (Å²) in [5, 5.41) is 8.99. The molecule has 0 amide bonds. The molecule has 2 N–H and O–H groups in total. The molecular weight excluding hydrogens is 290 g/mol. The van der Waals surface area contributed by atoms with Gasteiger partial charge in [0.05, 0.1) is 11.6 Å². The largest absolute Gasteiger partial charge is 0.371 e. The van der Waals surface area contributed by atoms with E-state index in [1.807, 2.05) is 12.1 Å². The minimum absolute atomic E-state index is 0.712. The summed E-state index contributed by atoms with van der Waals surface area (Å²) in [7, 11) is 0. The molecule has 4 heteroatoms. The van der Waals surface area contributed by atoms with Gasteiger partial charge in [-0.15, -0.1) is 0 Å². The minimum atomic E-state index is 0.712. The Morgan fingerprint density at radius 2 is 2.06 bits per heavy atom. The minimum Gasteiger partial charge on any atom is -0.371 e. The Morgan fingerprint density at radius 1 is 1.33 bits per heavy atom. The molecule has 0 radical (unpaired) electrons. The summed E-state index contributed by atoms with van der Waals surface area (Å²) < 4.78 is 0.973. The number of benzene rings is 1. The van der Waals surface area contributed by atoms with Gasteiger partial charge in [0.1, 0.15) is 0 Å². The van der Waals surface area contributed by atoms with Gasteiger partial charge in [-0.1, -0.05) is 15.9 Å². The second-order valence-corrected chi connectivity index (χ2v) is 5.73. The number of hydrogen-bond acceptors (Lipinski definition) is 3. The van der Waals surface area contributed by atoms with E-state index in [0.717, 1.165) is 42.1 Å². The van der Waals surface area contributed by atoms with E-state index in [1.165, 1.54) is 12.8 Å². The summed E-state index contributed by atoms with van der Waals surface area (Å²) in [4.78, 5) is 2.36. The van der Waals surface area contributed by atoms with Crippen molar-refractivity contribution in [2.75, 3.05) is 24.5 Å². The van der Waals surface area contributed by atoms with E-state index in [2.05, 4.69) is 33.0 Å². The third-order valence-electron chi connectivity index (χ3n) is 3.57. The molecule has 0 aromatic heterocycles. The molecule has 0 saturated carbocycles. The van der Waals surface area contributed by atoms with Crippen LogP contribution >= 0.6 is 15.9 Å². The maximum Gasteiger partial charge on any atom is 0.0992 e. The average molecular weight is 308 g/mol. The first kappa shape index (κ1) is 13.4. The number of anilines is 1. The summed E-state index contributed by atoms with van der Waals surface area (Å²) in [5.41, 5.74) is 7.46. The Hall–Kier alpha value is -1.05. The molecule has 3 nitrogen and oxygen atoms in total.